The highest BCUT2D eigenvalue weighted by Gasteiger charge is 2.44. The Morgan fingerprint density at radius 3 is 2.53 bits per heavy atom. The molecule has 0 amide bonds. The minimum Gasteiger partial charge on any atom is -0.394 e. The summed E-state index contributed by atoms with van der Waals surface area (Å²) < 4.78 is 19.0. The molecular weight excluding hydrogens is 378 g/mol. The first-order valence-electron chi connectivity index (χ1n) is 5.20. The van der Waals surface area contributed by atoms with Crippen molar-refractivity contribution in [1.29, 1.82) is 0 Å². The zero-order valence-corrected chi connectivity index (χ0v) is 11.5. The van der Waals surface area contributed by atoms with Gasteiger partial charge in [-0.3, -0.25) is 9.36 Å². The van der Waals surface area contributed by atoms with Crippen molar-refractivity contribution in [3.05, 3.63) is 30.6 Å². The summed E-state index contributed by atoms with van der Waals surface area (Å²) in [6.45, 7) is -0.574. The van der Waals surface area contributed by atoms with Gasteiger partial charge in [0.25, 0.3) is 5.56 Å². The molecule has 0 bridgehead atoms. The number of halogens is 2. The molecule has 0 spiro atoms. The number of nitrogens with zero attached hydrogens (tertiary/aromatic N) is 2. The number of hydrogen-bond donors (Lipinski definition) is 3. The highest BCUT2D eigenvalue weighted by Crippen LogP contribution is 2.28. The molecule has 1 aromatic rings. The van der Waals surface area contributed by atoms with E-state index in [-0.39, 0.29) is 3.57 Å². The number of ether oxygens (including phenoxy) is 1. The summed E-state index contributed by atoms with van der Waals surface area (Å²) in [5, 5.41) is 28.2. The third-order valence-corrected chi connectivity index (χ3v) is 3.56. The van der Waals surface area contributed by atoms with Gasteiger partial charge in [0.1, 0.15) is 18.3 Å². The number of aromatic nitrogens is 2. The molecule has 2 rings (SSSR count). The van der Waals surface area contributed by atoms with Crippen molar-refractivity contribution in [2.45, 2.75) is 24.5 Å². The van der Waals surface area contributed by atoms with E-state index in [9.17, 15) is 24.3 Å². The lowest BCUT2D eigenvalue weighted by Gasteiger charge is -2.17. The monoisotopic (exact) mass is 388 g/mol. The van der Waals surface area contributed by atoms with E-state index in [1.54, 1.807) is 0 Å². The molecular formula is C9H10FIN2O6. The van der Waals surface area contributed by atoms with Crippen molar-refractivity contribution in [3.63, 3.8) is 0 Å². The fourth-order valence-corrected chi connectivity index (χ4v) is 2.32. The summed E-state index contributed by atoms with van der Waals surface area (Å²) in [6.07, 6.45) is -4.40. The van der Waals surface area contributed by atoms with Crippen LogP contribution >= 0.6 is 22.6 Å². The van der Waals surface area contributed by atoms with E-state index < -0.39 is 47.2 Å². The van der Waals surface area contributed by atoms with Crippen molar-refractivity contribution in [1.82, 2.24) is 9.36 Å². The lowest BCUT2D eigenvalue weighted by Crippen LogP contribution is -2.42. The Morgan fingerprint density at radius 2 is 2.00 bits per heavy atom. The Kier molecular flexibility index (Phi) is 4.06. The van der Waals surface area contributed by atoms with Gasteiger partial charge in [0, 0.05) is 6.20 Å². The van der Waals surface area contributed by atoms with E-state index >= 15 is 0 Å². The van der Waals surface area contributed by atoms with Crippen LogP contribution in [0.5, 0.6) is 0 Å². The fourth-order valence-electron chi connectivity index (χ4n) is 1.81. The molecule has 10 heteroatoms. The van der Waals surface area contributed by atoms with E-state index in [1.165, 1.54) is 22.6 Å². The van der Waals surface area contributed by atoms with Crippen molar-refractivity contribution in [3.8, 4) is 0 Å². The van der Waals surface area contributed by atoms with Crippen LogP contribution in [-0.4, -0.2) is 49.6 Å². The molecule has 3 N–H and O–H groups in total. The maximum Gasteiger partial charge on any atom is 0.362 e. The van der Waals surface area contributed by atoms with Gasteiger partial charge in [-0.05, 0) is 22.6 Å². The van der Waals surface area contributed by atoms with Crippen molar-refractivity contribution in [2.24, 2.45) is 0 Å². The Morgan fingerprint density at radius 1 is 1.37 bits per heavy atom. The molecule has 8 nitrogen and oxygen atoms in total. The Balaban J connectivity index is 2.50. The zero-order valence-electron chi connectivity index (χ0n) is 9.31. The number of aliphatic hydroxyl groups excluding tert-OH is 3. The van der Waals surface area contributed by atoms with Gasteiger partial charge in [0.15, 0.2) is 6.23 Å². The molecule has 1 aliphatic rings. The Hall–Kier alpha value is -0.820. The standard InChI is InChI=1S/C9H10FIN2O6/c10-13-7(17)3(11)1-12(9(13)18)8-6(16)5(15)4(2-14)19-8/h1,4-6,8,14-16H,2H2/t4-,5-,6+,8-/m1/s1. The molecule has 1 aromatic heterocycles. The minimum absolute atomic E-state index is 0.0996. The first kappa shape index (κ1) is 14.6. The smallest absolute Gasteiger partial charge is 0.362 e. The van der Waals surface area contributed by atoms with Gasteiger partial charge >= 0.3 is 5.69 Å². The van der Waals surface area contributed by atoms with Crippen molar-refractivity contribution in [2.75, 3.05) is 6.61 Å². The van der Waals surface area contributed by atoms with Gasteiger partial charge in [-0.2, -0.15) is 0 Å². The molecule has 0 unspecified atom stereocenters. The zero-order chi connectivity index (χ0) is 14.3. The average molecular weight is 388 g/mol. The van der Waals surface area contributed by atoms with Gasteiger partial charge in [0.2, 0.25) is 0 Å². The topological polar surface area (TPSA) is 114 Å². The van der Waals surface area contributed by atoms with E-state index in [2.05, 4.69) is 0 Å². The highest BCUT2D eigenvalue weighted by atomic mass is 127. The molecule has 1 fully saturated rings. The minimum atomic E-state index is -1.52. The normalized spacial score (nSPS) is 30.8. The van der Waals surface area contributed by atoms with Crippen LogP contribution in [0.15, 0.2) is 15.8 Å². The van der Waals surface area contributed by atoms with Crippen LogP contribution in [0, 0.1) is 3.57 Å². The molecule has 0 aliphatic carbocycles. The Labute approximate surface area is 118 Å². The van der Waals surface area contributed by atoms with Crippen LogP contribution in [0.2, 0.25) is 0 Å². The number of aliphatic hydroxyl groups is 3. The predicted octanol–water partition coefficient (Wildman–Crippen LogP) is -2.04. The lowest BCUT2D eigenvalue weighted by atomic mass is 10.1. The summed E-state index contributed by atoms with van der Waals surface area (Å²) in [7, 11) is 0. The molecule has 0 radical (unpaired) electrons. The van der Waals surface area contributed by atoms with Crippen molar-refractivity contribution < 1.29 is 24.5 Å². The van der Waals surface area contributed by atoms with Gasteiger partial charge in [0.05, 0.1) is 10.2 Å². The first-order chi connectivity index (χ1) is 8.88. The van der Waals surface area contributed by atoms with E-state index in [4.69, 9.17) is 9.84 Å². The van der Waals surface area contributed by atoms with Gasteiger partial charge in [-0.1, -0.05) is 9.27 Å². The van der Waals surface area contributed by atoms with Crippen LogP contribution in [0.4, 0.5) is 4.48 Å². The summed E-state index contributed by atoms with van der Waals surface area (Å²) in [5.41, 5.74) is -2.45. The second-order valence-corrected chi connectivity index (χ2v) is 5.14. The quantitative estimate of drug-likeness (QED) is 0.504. The highest BCUT2D eigenvalue weighted by molar-refractivity contribution is 14.1. The molecule has 106 valence electrons. The second-order valence-electron chi connectivity index (χ2n) is 3.98. The molecule has 1 saturated heterocycles. The molecule has 0 aromatic carbocycles. The summed E-state index contributed by atoms with van der Waals surface area (Å²) in [5.74, 6) is 0. The summed E-state index contributed by atoms with van der Waals surface area (Å²) in [4.78, 5) is 22.2. The average Bonchev–Trinajstić information content (AvgIpc) is 2.68. The van der Waals surface area contributed by atoms with Crippen LogP contribution in [0.3, 0.4) is 0 Å². The van der Waals surface area contributed by atoms with Gasteiger partial charge in [-0.15, -0.1) is 0 Å². The summed E-state index contributed by atoms with van der Waals surface area (Å²) in [6, 6.07) is 0. The first-order valence-corrected chi connectivity index (χ1v) is 6.28. The number of rotatable bonds is 2. The SMILES string of the molecule is O=c1c(I)cn([C@@H]2O[C@H](CO)[C@@H](O)[C@@H]2O)c(=O)n1F. The molecule has 1 aliphatic heterocycles. The van der Waals surface area contributed by atoms with Crippen LogP contribution in [-0.2, 0) is 4.74 Å². The van der Waals surface area contributed by atoms with E-state index in [0.717, 1.165) is 6.20 Å². The maximum absolute atomic E-state index is 13.3. The molecule has 4 atom stereocenters. The molecule has 2 heterocycles. The van der Waals surface area contributed by atoms with Gasteiger partial charge in [-0.25, -0.2) is 4.79 Å². The third-order valence-electron chi connectivity index (χ3n) is 2.82. The second kappa shape index (κ2) is 5.28. The van der Waals surface area contributed by atoms with E-state index in [0.29, 0.717) is 4.57 Å². The van der Waals surface area contributed by atoms with E-state index in [1.807, 2.05) is 0 Å². The maximum atomic E-state index is 13.3. The lowest BCUT2D eigenvalue weighted by molar-refractivity contribution is -0.0566. The predicted molar refractivity (Wildman–Crippen MR) is 67.2 cm³/mol. The van der Waals surface area contributed by atoms with Gasteiger partial charge < -0.3 is 20.1 Å². The molecule has 19 heavy (non-hydrogen) atoms. The van der Waals surface area contributed by atoms with Crippen LogP contribution in [0.1, 0.15) is 6.23 Å². The van der Waals surface area contributed by atoms with Crippen LogP contribution < -0.4 is 11.2 Å². The summed E-state index contributed by atoms with van der Waals surface area (Å²) >= 11 is 1.52. The fraction of sp³-hybridized carbons (Fsp3) is 0.556. The number of hydrogen-bond acceptors (Lipinski definition) is 6. The third kappa shape index (κ3) is 2.33. The molecule has 0 saturated carbocycles. The Bertz CT molecular complexity index is 601. The van der Waals surface area contributed by atoms with Crippen molar-refractivity contribution >= 4 is 22.6 Å². The largest absolute Gasteiger partial charge is 0.394 e. The van der Waals surface area contributed by atoms with Crippen LogP contribution in [0.25, 0.3) is 0 Å².